The van der Waals surface area contributed by atoms with Gasteiger partial charge in [0.15, 0.2) is 6.04 Å². The molecule has 0 bridgehead atoms. The van der Waals surface area contributed by atoms with Crippen molar-refractivity contribution in [1.29, 1.82) is 0 Å². The van der Waals surface area contributed by atoms with Gasteiger partial charge in [0.05, 0.1) is 34.2 Å². The van der Waals surface area contributed by atoms with Gasteiger partial charge in [-0.1, -0.05) is 82.2 Å². The predicted molar refractivity (Wildman–Crippen MR) is 124 cm³/mol. The molecule has 1 aromatic rings. The number of halogens is 2. The van der Waals surface area contributed by atoms with Crippen LogP contribution in [0.2, 0.25) is 0 Å². The molecule has 1 aromatic carbocycles. The number of quaternary nitrogens is 2. The molecule has 0 spiro atoms. The van der Waals surface area contributed by atoms with Gasteiger partial charge in [0, 0.05) is 12.8 Å². The van der Waals surface area contributed by atoms with Crippen LogP contribution in [0.4, 0.5) is 0 Å². The molecule has 3 N–H and O–H groups in total. The Morgan fingerprint density at radius 1 is 0.938 bits per heavy atom. The normalized spacial score (nSPS) is 11.9. The summed E-state index contributed by atoms with van der Waals surface area (Å²) < 4.78 is 0.882. The van der Waals surface area contributed by atoms with Crippen LogP contribution in [0.3, 0.4) is 0 Å². The van der Waals surface area contributed by atoms with Crippen LogP contribution in [0.5, 0.6) is 0 Å². The standard InChI is InChI=1S/C25H46N3O2.2ClH/c1-5-6-7-8-9-10-11-15-19-24(26)25(29)27(20-16-21-28(2,3)4)30-22-23-17-13-12-14-18-23;;/h12-14,17-18,24H,5-11,15-16,19-22,26H2,1-4H3;2*1H/q+1;;/p-1. The fourth-order valence-corrected chi connectivity index (χ4v) is 3.51. The van der Waals surface area contributed by atoms with Gasteiger partial charge in [-0.15, -0.1) is 0 Å². The maximum Gasteiger partial charge on any atom is 0.304 e. The lowest BCUT2D eigenvalue weighted by molar-refractivity contribution is -0.870. The van der Waals surface area contributed by atoms with E-state index in [1.807, 2.05) is 30.3 Å². The van der Waals surface area contributed by atoms with E-state index in [2.05, 4.69) is 33.8 Å². The summed E-state index contributed by atoms with van der Waals surface area (Å²) in [5.41, 5.74) is 5.23. The molecule has 0 aliphatic rings. The Bertz CT molecular complexity index is 568. The highest BCUT2D eigenvalue weighted by Gasteiger charge is 2.25. The average molecular weight is 493 g/mol. The highest BCUT2D eigenvalue weighted by molar-refractivity contribution is 5.79. The zero-order valence-electron chi connectivity index (χ0n) is 20.8. The van der Waals surface area contributed by atoms with Crippen molar-refractivity contribution >= 4 is 5.91 Å². The fraction of sp³-hybridized carbons (Fsp3) is 0.720. The summed E-state index contributed by atoms with van der Waals surface area (Å²) in [4.78, 5) is 18.9. The van der Waals surface area contributed by atoms with Gasteiger partial charge in [0.2, 0.25) is 0 Å². The second-order valence-corrected chi connectivity index (χ2v) is 9.53. The summed E-state index contributed by atoms with van der Waals surface area (Å²) in [7, 11) is 6.51. The predicted octanol–water partition coefficient (Wildman–Crippen LogP) is -1.81. The highest BCUT2D eigenvalue weighted by Crippen LogP contribution is 2.12. The summed E-state index contributed by atoms with van der Waals surface area (Å²) in [6.45, 7) is 4.28. The van der Waals surface area contributed by atoms with Crippen molar-refractivity contribution < 1.29 is 44.7 Å². The lowest BCUT2D eigenvalue weighted by Gasteiger charge is -2.27. The Kier molecular flexibility index (Phi) is 20.4. The quantitative estimate of drug-likeness (QED) is 0.158. The van der Waals surface area contributed by atoms with Crippen LogP contribution in [0, 0.1) is 0 Å². The molecule has 188 valence electrons. The number of carbonyl (C=O) groups excluding carboxylic acids is 1. The molecule has 0 saturated carbocycles. The van der Waals surface area contributed by atoms with Gasteiger partial charge in [-0.25, -0.2) is 5.06 Å². The summed E-state index contributed by atoms with van der Waals surface area (Å²) >= 11 is 0. The zero-order valence-corrected chi connectivity index (χ0v) is 22.3. The minimum absolute atomic E-state index is 0. The first kappa shape index (κ1) is 33.3. The van der Waals surface area contributed by atoms with Gasteiger partial charge in [0.25, 0.3) is 0 Å². The Hall–Kier alpha value is -0.850. The van der Waals surface area contributed by atoms with Crippen molar-refractivity contribution in [2.45, 2.75) is 83.8 Å². The minimum Gasteiger partial charge on any atom is -1.00 e. The molecule has 5 nitrogen and oxygen atoms in total. The van der Waals surface area contributed by atoms with Gasteiger partial charge in [-0.05, 0) is 12.0 Å². The van der Waals surface area contributed by atoms with E-state index in [-0.39, 0.29) is 36.8 Å². The van der Waals surface area contributed by atoms with E-state index in [0.717, 1.165) is 35.9 Å². The lowest BCUT2D eigenvalue weighted by Crippen LogP contribution is -3.00. The number of hydrogen-bond acceptors (Lipinski definition) is 2. The Balaban J connectivity index is 0. The molecule has 0 aliphatic carbocycles. The van der Waals surface area contributed by atoms with Crippen LogP contribution in [0.1, 0.15) is 76.7 Å². The molecule has 1 amide bonds. The van der Waals surface area contributed by atoms with E-state index in [0.29, 0.717) is 13.2 Å². The Morgan fingerprint density at radius 3 is 2.06 bits per heavy atom. The van der Waals surface area contributed by atoms with Gasteiger partial charge in [-0.2, -0.15) is 0 Å². The first-order chi connectivity index (χ1) is 14.3. The topological polar surface area (TPSA) is 57.2 Å². The lowest BCUT2D eigenvalue weighted by atomic mass is 10.0. The first-order valence-corrected chi connectivity index (χ1v) is 11.9. The van der Waals surface area contributed by atoms with Crippen molar-refractivity contribution in [1.82, 2.24) is 5.06 Å². The van der Waals surface area contributed by atoms with Crippen molar-refractivity contribution in [3.8, 4) is 0 Å². The average Bonchev–Trinajstić information content (AvgIpc) is 2.71. The largest absolute Gasteiger partial charge is 1.00 e. The maximum atomic E-state index is 13.0. The smallest absolute Gasteiger partial charge is 0.304 e. The fourth-order valence-electron chi connectivity index (χ4n) is 3.51. The van der Waals surface area contributed by atoms with E-state index in [4.69, 9.17) is 4.84 Å². The number of benzene rings is 1. The highest BCUT2D eigenvalue weighted by atomic mass is 35.5. The summed E-state index contributed by atoms with van der Waals surface area (Å²) in [6, 6.07) is 9.80. The summed E-state index contributed by atoms with van der Waals surface area (Å²) in [5, 5.41) is 1.57. The van der Waals surface area contributed by atoms with Crippen LogP contribution in [-0.2, 0) is 16.2 Å². The third-order valence-electron chi connectivity index (χ3n) is 5.42. The molecule has 0 aliphatic heterocycles. The summed E-state index contributed by atoms with van der Waals surface area (Å²) in [6.07, 6.45) is 11.9. The number of unbranched alkanes of at least 4 members (excludes halogenated alkanes) is 7. The molecule has 0 fully saturated rings. The van der Waals surface area contributed by atoms with Crippen LogP contribution in [-0.4, -0.2) is 55.7 Å². The Morgan fingerprint density at radius 2 is 1.50 bits per heavy atom. The molecular weight excluding hydrogens is 445 g/mol. The molecule has 0 radical (unpaired) electrons. The SMILES string of the molecule is CCCCCCCCCCC([NH3+])C(=O)N(CCC[N+](C)(C)C)OCc1ccccc1.[Cl-].[Cl-]. The summed E-state index contributed by atoms with van der Waals surface area (Å²) in [5.74, 6) is 0.0234. The maximum absolute atomic E-state index is 13.0. The van der Waals surface area contributed by atoms with Gasteiger partial charge in [0.1, 0.15) is 6.61 Å². The molecule has 0 saturated heterocycles. The van der Waals surface area contributed by atoms with Crippen molar-refractivity contribution in [3.05, 3.63) is 35.9 Å². The van der Waals surface area contributed by atoms with Crippen molar-refractivity contribution in [2.75, 3.05) is 34.2 Å². The molecule has 1 unspecified atom stereocenters. The van der Waals surface area contributed by atoms with E-state index in [1.54, 1.807) is 5.06 Å². The van der Waals surface area contributed by atoms with Gasteiger partial charge in [-0.3, -0.25) is 9.63 Å². The number of rotatable bonds is 17. The number of hydroxylamine groups is 2. The molecule has 32 heavy (non-hydrogen) atoms. The molecule has 1 rings (SSSR count). The first-order valence-electron chi connectivity index (χ1n) is 11.9. The zero-order chi connectivity index (χ0) is 22.2. The van der Waals surface area contributed by atoms with E-state index < -0.39 is 0 Å². The van der Waals surface area contributed by atoms with E-state index in [9.17, 15) is 4.79 Å². The van der Waals surface area contributed by atoms with Gasteiger partial charge >= 0.3 is 5.91 Å². The van der Waals surface area contributed by atoms with Crippen molar-refractivity contribution in [2.24, 2.45) is 0 Å². The van der Waals surface area contributed by atoms with Crippen LogP contribution in [0.15, 0.2) is 30.3 Å². The number of amides is 1. The second kappa shape index (κ2) is 19.6. The Labute approximate surface area is 209 Å². The van der Waals surface area contributed by atoms with E-state index in [1.165, 1.54) is 44.9 Å². The van der Waals surface area contributed by atoms with Crippen LogP contribution in [0.25, 0.3) is 0 Å². The third-order valence-corrected chi connectivity index (χ3v) is 5.42. The monoisotopic (exact) mass is 491 g/mol. The molecule has 0 aromatic heterocycles. The molecule has 1 atom stereocenters. The van der Waals surface area contributed by atoms with E-state index >= 15 is 0 Å². The van der Waals surface area contributed by atoms with Crippen LogP contribution < -0.4 is 30.5 Å². The third kappa shape index (κ3) is 16.7. The minimum atomic E-state index is -0.231. The number of hydrogen-bond donors (Lipinski definition) is 1. The number of nitrogens with zero attached hydrogens (tertiary/aromatic N) is 2. The second-order valence-electron chi connectivity index (χ2n) is 9.53. The molecular formula is C25H47Cl2N3O2. The van der Waals surface area contributed by atoms with Gasteiger partial charge < -0.3 is 35.0 Å². The number of carbonyl (C=O) groups is 1. The van der Waals surface area contributed by atoms with Crippen molar-refractivity contribution in [3.63, 3.8) is 0 Å². The van der Waals surface area contributed by atoms with Crippen LogP contribution >= 0.6 is 0 Å². The molecule has 0 heterocycles. The molecule has 7 heteroatoms.